The lowest BCUT2D eigenvalue weighted by Gasteiger charge is -2.24. The fourth-order valence-corrected chi connectivity index (χ4v) is 14.5. The number of ether oxygens (including phenoxy) is 2. The number of esters is 2. The molecule has 0 aliphatic heterocycles. The second-order valence-corrected chi connectivity index (χ2v) is 33.1. The maximum Gasteiger partial charge on any atom is 0.472 e. The lowest BCUT2D eigenvalue weighted by atomic mass is 10.0. The van der Waals surface area contributed by atoms with E-state index in [1.165, 1.54) is 411 Å². The molecule has 98 heavy (non-hydrogen) atoms. The molecule has 0 aromatic carbocycles. The summed E-state index contributed by atoms with van der Waals surface area (Å²) in [5.41, 5.74) is 0. The zero-order chi connectivity index (χ0) is 71.1. The summed E-state index contributed by atoms with van der Waals surface area (Å²) in [5.74, 6) is -0.766. The average molecular weight is 1400 g/mol. The van der Waals surface area contributed by atoms with Crippen molar-refractivity contribution >= 4 is 19.8 Å². The fourth-order valence-electron chi connectivity index (χ4n) is 13.7. The van der Waals surface area contributed by atoms with Gasteiger partial charge >= 0.3 is 19.8 Å². The van der Waals surface area contributed by atoms with Crippen LogP contribution in [0.3, 0.4) is 0 Å². The number of quaternary nitrogens is 1. The molecular formula is C88H173NO8P+. The van der Waals surface area contributed by atoms with Crippen LogP contribution < -0.4 is 0 Å². The van der Waals surface area contributed by atoms with Gasteiger partial charge < -0.3 is 18.9 Å². The maximum atomic E-state index is 12.9. The first kappa shape index (κ1) is 96.5. The highest BCUT2D eigenvalue weighted by molar-refractivity contribution is 7.47. The quantitative estimate of drug-likeness (QED) is 0.0211. The van der Waals surface area contributed by atoms with E-state index in [4.69, 9.17) is 18.5 Å². The Kier molecular flexibility index (Phi) is 78.4. The number of carbonyl (C=O) groups excluding carboxylic acids is 2. The number of hydrogen-bond acceptors (Lipinski definition) is 7. The van der Waals surface area contributed by atoms with Crippen LogP contribution in [0.5, 0.6) is 0 Å². The number of phosphoric acid groups is 1. The molecule has 2 atom stereocenters. The van der Waals surface area contributed by atoms with Crippen LogP contribution in [-0.2, 0) is 32.7 Å². The zero-order valence-corrected chi connectivity index (χ0v) is 67.7. The van der Waals surface area contributed by atoms with Crippen LogP contribution in [0.25, 0.3) is 0 Å². The summed E-state index contributed by atoms with van der Waals surface area (Å²) < 4.78 is 34.9. The Morgan fingerprint density at radius 1 is 0.306 bits per heavy atom. The first-order valence-corrected chi connectivity index (χ1v) is 45.6. The Labute approximate surface area is 612 Å². The van der Waals surface area contributed by atoms with Crippen molar-refractivity contribution in [2.45, 2.75) is 482 Å². The molecule has 1 N–H and O–H groups in total. The van der Waals surface area contributed by atoms with Crippen LogP contribution in [-0.4, -0.2) is 74.9 Å². The number of nitrogens with zero attached hydrogens (tertiary/aromatic N) is 1. The van der Waals surface area contributed by atoms with Gasteiger partial charge in [0.05, 0.1) is 27.7 Å². The minimum atomic E-state index is -4.39. The van der Waals surface area contributed by atoms with E-state index in [0.717, 1.165) is 38.5 Å². The van der Waals surface area contributed by atoms with E-state index in [1.807, 2.05) is 21.1 Å². The van der Waals surface area contributed by atoms with Gasteiger partial charge in [-0.3, -0.25) is 18.6 Å². The van der Waals surface area contributed by atoms with Gasteiger partial charge in [0, 0.05) is 12.8 Å². The monoisotopic (exact) mass is 1400 g/mol. The molecule has 0 radical (unpaired) electrons. The van der Waals surface area contributed by atoms with Gasteiger partial charge in [0.1, 0.15) is 19.8 Å². The zero-order valence-electron chi connectivity index (χ0n) is 66.8. The highest BCUT2D eigenvalue weighted by atomic mass is 31.2. The average Bonchev–Trinajstić information content (AvgIpc) is 1.14. The van der Waals surface area contributed by atoms with E-state index in [0.29, 0.717) is 17.4 Å². The van der Waals surface area contributed by atoms with Crippen molar-refractivity contribution in [2.24, 2.45) is 0 Å². The Morgan fingerprint density at radius 3 is 0.755 bits per heavy atom. The van der Waals surface area contributed by atoms with Crippen LogP contribution in [0.15, 0.2) is 24.3 Å². The molecule has 0 saturated heterocycles. The minimum Gasteiger partial charge on any atom is -0.462 e. The molecule has 2 unspecified atom stereocenters. The van der Waals surface area contributed by atoms with Crippen LogP contribution in [0.4, 0.5) is 0 Å². The van der Waals surface area contributed by atoms with Crippen LogP contribution >= 0.6 is 7.82 Å². The number of carbonyl (C=O) groups is 2. The van der Waals surface area contributed by atoms with Crippen molar-refractivity contribution in [1.82, 2.24) is 0 Å². The first-order valence-electron chi connectivity index (χ1n) is 44.1. The molecule has 0 aliphatic carbocycles. The largest absolute Gasteiger partial charge is 0.472 e. The number of phosphoric ester groups is 1. The molecule has 0 rings (SSSR count). The van der Waals surface area contributed by atoms with Gasteiger partial charge in [-0.15, -0.1) is 0 Å². The second kappa shape index (κ2) is 79.6. The summed E-state index contributed by atoms with van der Waals surface area (Å²) >= 11 is 0. The number of hydrogen-bond donors (Lipinski definition) is 1. The van der Waals surface area contributed by atoms with E-state index in [2.05, 4.69) is 38.2 Å². The molecular weight excluding hydrogens is 1230 g/mol. The Bertz CT molecular complexity index is 1700. The van der Waals surface area contributed by atoms with Gasteiger partial charge in [-0.1, -0.05) is 423 Å². The summed E-state index contributed by atoms with van der Waals surface area (Å²) in [6.45, 7) is 4.53. The molecule has 0 aliphatic rings. The van der Waals surface area contributed by atoms with Gasteiger partial charge in [-0.25, -0.2) is 4.57 Å². The molecule has 0 spiro atoms. The van der Waals surface area contributed by atoms with Crippen molar-refractivity contribution in [3.63, 3.8) is 0 Å². The summed E-state index contributed by atoms with van der Waals surface area (Å²) in [6, 6.07) is 0. The van der Waals surface area contributed by atoms with E-state index < -0.39 is 26.5 Å². The topological polar surface area (TPSA) is 108 Å². The molecule has 0 heterocycles. The van der Waals surface area contributed by atoms with Crippen molar-refractivity contribution in [3.8, 4) is 0 Å². The van der Waals surface area contributed by atoms with Crippen molar-refractivity contribution in [3.05, 3.63) is 24.3 Å². The number of unbranched alkanes of at least 4 members (excludes halogenated alkanes) is 66. The van der Waals surface area contributed by atoms with Gasteiger partial charge in [0.15, 0.2) is 6.10 Å². The summed E-state index contributed by atoms with van der Waals surface area (Å²) in [6.07, 6.45) is 104. The molecule has 10 heteroatoms. The van der Waals surface area contributed by atoms with E-state index in [9.17, 15) is 19.0 Å². The molecule has 0 aromatic rings. The molecule has 0 saturated carbocycles. The van der Waals surface area contributed by atoms with Crippen LogP contribution in [0.1, 0.15) is 476 Å². The van der Waals surface area contributed by atoms with Gasteiger partial charge in [0.25, 0.3) is 0 Å². The van der Waals surface area contributed by atoms with E-state index in [-0.39, 0.29) is 25.6 Å². The number of allylic oxidation sites excluding steroid dienone is 4. The van der Waals surface area contributed by atoms with E-state index in [1.54, 1.807) is 0 Å². The molecule has 9 nitrogen and oxygen atoms in total. The lowest BCUT2D eigenvalue weighted by molar-refractivity contribution is -0.870. The van der Waals surface area contributed by atoms with Gasteiger partial charge in [0.2, 0.25) is 0 Å². The second-order valence-electron chi connectivity index (χ2n) is 31.6. The molecule has 0 bridgehead atoms. The normalized spacial score (nSPS) is 13.0. The van der Waals surface area contributed by atoms with Crippen LogP contribution in [0.2, 0.25) is 0 Å². The number of rotatable bonds is 84. The highest BCUT2D eigenvalue weighted by Gasteiger charge is 2.27. The Balaban J connectivity index is 3.84. The predicted octanol–water partition coefficient (Wildman–Crippen LogP) is 29.5. The van der Waals surface area contributed by atoms with Crippen molar-refractivity contribution in [2.75, 3.05) is 47.5 Å². The third-order valence-electron chi connectivity index (χ3n) is 20.5. The fraction of sp³-hybridized carbons (Fsp3) is 0.932. The first-order chi connectivity index (χ1) is 48.0. The SMILES string of the molecule is CCCCCCCCCC/C=C\CCCCCCCCCCCCCCCCCCCCCCCCCCCC(=O)OCC(COP(=O)(O)OCC[N+](C)(C)C)OC(=O)CCCCCCCCCCCCCCCCCCCCCCCCCCC/C=C\CCCCCCCCCC. The van der Waals surface area contributed by atoms with E-state index >= 15 is 0 Å². The highest BCUT2D eigenvalue weighted by Crippen LogP contribution is 2.43. The molecule has 0 aromatic heterocycles. The summed E-state index contributed by atoms with van der Waals surface area (Å²) in [5, 5.41) is 0. The summed E-state index contributed by atoms with van der Waals surface area (Å²) in [4.78, 5) is 36.0. The standard InChI is InChI=1S/C88H172NO8P/c1-6-8-10-12-14-16-18-20-22-24-26-28-30-32-34-36-38-40-42-44-46-48-50-52-54-56-58-60-62-64-66-68-70-72-74-76-78-80-87(90)94-84-86(85-96-98(92,93)95-83-82-89(3,4)5)97-88(91)81-79-77-75-73-71-69-67-65-63-61-59-57-55-53-51-49-47-45-43-41-39-37-35-33-31-29-27-25-23-21-19-17-15-13-11-9-7-2/h24-27,86H,6-23,28-85H2,1-5H3/p+1/b26-24-,27-25-. The van der Waals surface area contributed by atoms with Crippen molar-refractivity contribution < 1.29 is 42.1 Å². The maximum absolute atomic E-state index is 12.9. The molecule has 0 fully saturated rings. The third kappa shape index (κ3) is 83.4. The van der Waals surface area contributed by atoms with Gasteiger partial charge in [-0.2, -0.15) is 0 Å². The third-order valence-corrected chi connectivity index (χ3v) is 21.4. The predicted molar refractivity (Wildman–Crippen MR) is 428 cm³/mol. The molecule has 582 valence electrons. The Morgan fingerprint density at radius 2 is 0.520 bits per heavy atom. The lowest BCUT2D eigenvalue weighted by Crippen LogP contribution is -2.37. The van der Waals surface area contributed by atoms with Crippen LogP contribution in [0, 0.1) is 0 Å². The van der Waals surface area contributed by atoms with Gasteiger partial charge in [-0.05, 0) is 64.2 Å². The molecule has 0 amide bonds. The van der Waals surface area contributed by atoms with Crippen molar-refractivity contribution in [1.29, 1.82) is 0 Å². The minimum absolute atomic E-state index is 0.0365. The summed E-state index contributed by atoms with van der Waals surface area (Å²) in [7, 11) is 1.51. The Hall–Kier alpha value is -1.51. The number of likely N-dealkylation sites (N-methyl/N-ethyl adjacent to an activating group) is 1. The smallest absolute Gasteiger partial charge is 0.462 e.